The van der Waals surface area contributed by atoms with Gasteiger partial charge in [0.25, 0.3) is 0 Å². The molecule has 0 amide bonds. The minimum Gasteiger partial charge on any atom is -0.313 e. The van der Waals surface area contributed by atoms with E-state index in [1.165, 1.54) is 29.5 Å². The Balaban J connectivity index is 1.79. The number of nitrogens with one attached hydrogen (secondary N) is 1. The molecule has 0 radical (unpaired) electrons. The van der Waals surface area contributed by atoms with Crippen molar-refractivity contribution in [1.29, 1.82) is 0 Å². The number of rotatable bonds is 6. The van der Waals surface area contributed by atoms with Crippen LogP contribution in [0.2, 0.25) is 5.02 Å². The molecule has 0 spiro atoms. The van der Waals surface area contributed by atoms with Crippen molar-refractivity contribution in [3.8, 4) is 0 Å². The molecule has 1 saturated carbocycles. The van der Waals surface area contributed by atoms with E-state index in [4.69, 9.17) is 11.6 Å². The molecule has 1 N–H and O–H groups in total. The van der Waals surface area contributed by atoms with Gasteiger partial charge >= 0.3 is 0 Å². The highest BCUT2D eigenvalue weighted by Gasteiger charge is 2.23. The Morgan fingerprint density at radius 1 is 1.14 bits per heavy atom. The van der Waals surface area contributed by atoms with E-state index in [0.717, 1.165) is 24.0 Å². The molecule has 2 aromatic carbocycles. The highest BCUT2D eigenvalue weighted by Crippen LogP contribution is 2.26. The quantitative estimate of drug-likeness (QED) is 0.813. The zero-order valence-electron chi connectivity index (χ0n) is 12.5. The van der Waals surface area contributed by atoms with Gasteiger partial charge in [-0.3, -0.25) is 0 Å². The van der Waals surface area contributed by atoms with Crippen molar-refractivity contribution in [2.45, 2.75) is 38.1 Å². The summed E-state index contributed by atoms with van der Waals surface area (Å²) in [4.78, 5) is 0. The fraction of sp³-hybridized carbons (Fsp3) is 0.368. The summed E-state index contributed by atoms with van der Waals surface area (Å²) >= 11 is 6.13. The molecule has 1 unspecified atom stereocenters. The van der Waals surface area contributed by atoms with E-state index in [9.17, 15) is 0 Å². The summed E-state index contributed by atoms with van der Waals surface area (Å²) in [5.74, 6) is 0.505. The van der Waals surface area contributed by atoms with Gasteiger partial charge in [0.15, 0.2) is 0 Å². The van der Waals surface area contributed by atoms with Gasteiger partial charge in [-0.05, 0) is 55.0 Å². The normalized spacial score (nSPS) is 15.9. The van der Waals surface area contributed by atoms with Crippen LogP contribution in [0.15, 0.2) is 48.5 Å². The predicted molar refractivity (Wildman–Crippen MR) is 90.1 cm³/mol. The van der Waals surface area contributed by atoms with Gasteiger partial charge in [0.2, 0.25) is 0 Å². The van der Waals surface area contributed by atoms with Crippen LogP contribution in [-0.4, -0.2) is 12.6 Å². The molecule has 2 heteroatoms. The lowest BCUT2D eigenvalue weighted by Gasteiger charge is -2.20. The maximum Gasteiger partial charge on any atom is 0.0408 e. The van der Waals surface area contributed by atoms with E-state index in [1.54, 1.807) is 0 Å². The van der Waals surface area contributed by atoms with Crippen LogP contribution >= 0.6 is 11.6 Å². The second kappa shape index (κ2) is 6.64. The first-order chi connectivity index (χ1) is 10.2. The summed E-state index contributed by atoms with van der Waals surface area (Å²) in [7, 11) is 0. The minimum atomic E-state index is 0.505. The Labute approximate surface area is 132 Å². The van der Waals surface area contributed by atoms with Crippen LogP contribution in [0.5, 0.6) is 0 Å². The Morgan fingerprint density at radius 2 is 1.95 bits per heavy atom. The summed E-state index contributed by atoms with van der Waals surface area (Å²) < 4.78 is 0. The van der Waals surface area contributed by atoms with Crippen LogP contribution in [0.4, 0.5) is 0 Å². The van der Waals surface area contributed by atoms with Gasteiger partial charge < -0.3 is 5.32 Å². The standard InChI is InChI=1S/C19H22ClN/c1-14-5-2-3-8-19(14)16(13-21-18-9-10-18)11-15-6-4-7-17(20)12-15/h2-8,12,16,18,21H,9-11,13H2,1H3. The number of hydrogen-bond donors (Lipinski definition) is 1. The van der Waals surface area contributed by atoms with Crippen LogP contribution < -0.4 is 5.32 Å². The van der Waals surface area contributed by atoms with Gasteiger partial charge in [0.05, 0.1) is 0 Å². The molecule has 1 nitrogen and oxygen atoms in total. The molecule has 0 aromatic heterocycles. The van der Waals surface area contributed by atoms with E-state index in [2.05, 4.69) is 48.6 Å². The highest BCUT2D eigenvalue weighted by molar-refractivity contribution is 6.30. The van der Waals surface area contributed by atoms with Crippen molar-refractivity contribution >= 4 is 11.6 Å². The van der Waals surface area contributed by atoms with Crippen molar-refractivity contribution in [2.24, 2.45) is 0 Å². The van der Waals surface area contributed by atoms with Gasteiger partial charge in [0, 0.05) is 23.5 Å². The number of benzene rings is 2. The summed E-state index contributed by atoms with van der Waals surface area (Å²) in [5.41, 5.74) is 4.14. The predicted octanol–water partition coefficient (Wildman–Crippen LogP) is 4.73. The van der Waals surface area contributed by atoms with E-state index in [0.29, 0.717) is 5.92 Å². The van der Waals surface area contributed by atoms with Crippen molar-refractivity contribution < 1.29 is 0 Å². The van der Waals surface area contributed by atoms with Crippen molar-refractivity contribution in [2.75, 3.05) is 6.54 Å². The van der Waals surface area contributed by atoms with E-state index in [1.807, 2.05) is 12.1 Å². The molecule has 0 saturated heterocycles. The molecule has 21 heavy (non-hydrogen) atoms. The molecule has 0 aliphatic heterocycles. The van der Waals surface area contributed by atoms with Crippen LogP contribution in [0.1, 0.15) is 35.4 Å². The molecule has 1 aliphatic carbocycles. The van der Waals surface area contributed by atoms with Crippen LogP contribution in [-0.2, 0) is 6.42 Å². The summed E-state index contributed by atoms with van der Waals surface area (Å²) in [5, 5.41) is 4.51. The molecule has 1 atom stereocenters. The lowest BCUT2D eigenvalue weighted by Crippen LogP contribution is -2.25. The third kappa shape index (κ3) is 4.09. The second-order valence-electron chi connectivity index (χ2n) is 6.07. The Morgan fingerprint density at radius 3 is 2.67 bits per heavy atom. The van der Waals surface area contributed by atoms with Crippen molar-refractivity contribution in [1.82, 2.24) is 5.32 Å². The largest absolute Gasteiger partial charge is 0.313 e. The molecule has 0 bridgehead atoms. The lowest BCUT2D eigenvalue weighted by molar-refractivity contribution is 0.575. The SMILES string of the molecule is Cc1ccccc1C(CNC1CC1)Cc1cccc(Cl)c1. The smallest absolute Gasteiger partial charge is 0.0408 e. The molecule has 1 fully saturated rings. The van der Waals surface area contributed by atoms with Crippen molar-refractivity contribution in [3.05, 3.63) is 70.2 Å². The van der Waals surface area contributed by atoms with Crippen LogP contribution in [0.3, 0.4) is 0 Å². The highest BCUT2D eigenvalue weighted by atomic mass is 35.5. The molecule has 3 rings (SSSR count). The zero-order valence-corrected chi connectivity index (χ0v) is 13.2. The number of aryl methyl sites for hydroxylation is 1. The van der Waals surface area contributed by atoms with Gasteiger partial charge in [-0.1, -0.05) is 48.0 Å². The first-order valence-corrected chi connectivity index (χ1v) is 8.13. The summed E-state index contributed by atoms with van der Waals surface area (Å²) in [6, 6.07) is 17.7. The maximum atomic E-state index is 6.13. The molecule has 0 heterocycles. The molecular formula is C19H22ClN. The van der Waals surface area contributed by atoms with Gasteiger partial charge in [-0.2, -0.15) is 0 Å². The van der Waals surface area contributed by atoms with Gasteiger partial charge in [-0.25, -0.2) is 0 Å². The number of halogens is 1. The first kappa shape index (κ1) is 14.6. The van der Waals surface area contributed by atoms with Gasteiger partial charge in [0.1, 0.15) is 0 Å². The third-order valence-corrected chi connectivity index (χ3v) is 4.46. The Kier molecular flexibility index (Phi) is 4.62. The second-order valence-corrected chi connectivity index (χ2v) is 6.51. The summed E-state index contributed by atoms with van der Waals surface area (Å²) in [6.07, 6.45) is 3.69. The summed E-state index contributed by atoms with van der Waals surface area (Å²) in [6.45, 7) is 3.25. The first-order valence-electron chi connectivity index (χ1n) is 7.76. The molecular weight excluding hydrogens is 278 g/mol. The van der Waals surface area contributed by atoms with E-state index >= 15 is 0 Å². The van der Waals surface area contributed by atoms with Gasteiger partial charge in [-0.15, -0.1) is 0 Å². The van der Waals surface area contributed by atoms with E-state index in [-0.39, 0.29) is 0 Å². The minimum absolute atomic E-state index is 0.505. The lowest BCUT2D eigenvalue weighted by atomic mass is 9.89. The van der Waals surface area contributed by atoms with Crippen molar-refractivity contribution in [3.63, 3.8) is 0 Å². The maximum absolute atomic E-state index is 6.13. The third-order valence-electron chi connectivity index (χ3n) is 4.23. The van der Waals surface area contributed by atoms with Crippen LogP contribution in [0.25, 0.3) is 0 Å². The fourth-order valence-corrected chi connectivity index (χ4v) is 3.09. The fourth-order valence-electron chi connectivity index (χ4n) is 2.88. The average molecular weight is 300 g/mol. The van der Waals surface area contributed by atoms with Crippen LogP contribution in [0, 0.1) is 6.92 Å². The number of hydrogen-bond acceptors (Lipinski definition) is 1. The molecule has 1 aliphatic rings. The Hall–Kier alpha value is -1.31. The molecule has 110 valence electrons. The van der Waals surface area contributed by atoms with E-state index < -0.39 is 0 Å². The molecule has 2 aromatic rings. The topological polar surface area (TPSA) is 12.0 Å². The average Bonchev–Trinajstić information content (AvgIpc) is 3.28. The zero-order chi connectivity index (χ0) is 14.7. The Bertz CT molecular complexity index is 604. The monoisotopic (exact) mass is 299 g/mol.